The van der Waals surface area contributed by atoms with E-state index in [1.165, 1.54) is 25.0 Å². The highest BCUT2D eigenvalue weighted by atomic mass is 32.2. The van der Waals surface area contributed by atoms with Crippen LogP contribution in [0.25, 0.3) is 11.2 Å². The van der Waals surface area contributed by atoms with E-state index in [0.717, 1.165) is 5.52 Å². The fourth-order valence-electron chi connectivity index (χ4n) is 2.02. The number of aromatic nitrogens is 4. The molecular formula is C15H14N6O2S. The first-order chi connectivity index (χ1) is 11.6. The van der Waals surface area contributed by atoms with Crippen molar-refractivity contribution in [3.05, 3.63) is 36.9 Å². The van der Waals surface area contributed by atoms with E-state index in [2.05, 4.69) is 30.6 Å². The van der Waals surface area contributed by atoms with Crippen LogP contribution in [0.1, 0.15) is 6.92 Å². The summed E-state index contributed by atoms with van der Waals surface area (Å²) in [6, 6.07) is 6.91. The van der Waals surface area contributed by atoms with Gasteiger partial charge in [0.2, 0.25) is 11.8 Å². The van der Waals surface area contributed by atoms with Crippen LogP contribution in [-0.2, 0) is 9.59 Å². The third-order valence-electron chi connectivity index (χ3n) is 3.02. The Kier molecular flexibility index (Phi) is 4.71. The minimum absolute atomic E-state index is 0.141. The second-order valence-corrected chi connectivity index (χ2v) is 5.84. The molecule has 0 radical (unpaired) electrons. The van der Waals surface area contributed by atoms with Crippen molar-refractivity contribution in [3.8, 4) is 0 Å². The third-order valence-corrected chi connectivity index (χ3v) is 4.01. The molecule has 9 heteroatoms. The summed E-state index contributed by atoms with van der Waals surface area (Å²) in [5.41, 5.74) is 2.62. The lowest BCUT2D eigenvalue weighted by atomic mass is 10.3. The number of nitrogens with zero attached hydrogens (tertiary/aromatic N) is 3. The van der Waals surface area contributed by atoms with Gasteiger partial charge in [0.15, 0.2) is 5.65 Å². The van der Waals surface area contributed by atoms with E-state index in [1.807, 2.05) is 0 Å². The smallest absolute Gasteiger partial charge is 0.234 e. The lowest BCUT2D eigenvalue weighted by Crippen LogP contribution is -2.14. The van der Waals surface area contributed by atoms with Crippen LogP contribution in [0.3, 0.4) is 0 Å². The Hall–Kier alpha value is -2.94. The van der Waals surface area contributed by atoms with Crippen molar-refractivity contribution in [2.75, 3.05) is 16.4 Å². The normalized spacial score (nSPS) is 10.5. The van der Waals surface area contributed by atoms with E-state index in [9.17, 15) is 9.59 Å². The maximum absolute atomic E-state index is 12.1. The molecule has 0 atom stereocenters. The molecule has 0 aliphatic carbocycles. The minimum atomic E-state index is -0.154. The Morgan fingerprint density at radius 3 is 2.50 bits per heavy atom. The average Bonchev–Trinajstić information content (AvgIpc) is 3.03. The summed E-state index contributed by atoms with van der Waals surface area (Å²) in [5.74, 6) is -0.0878. The molecule has 0 unspecified atom stereocenters. The molecule has 24 heavy (non-hydrogen) atoms. The average molecular weight is 342 g/mol. The van der Waals surface area contributed by atoms with Gasteiger partial charge in [0.05, 0.1) is 12.1 Å². The first-order valence-corrected chi connectivity index (χ1v) is 8.05. The highest BCUT2D eigenvalue weighted by Crippen LogP contribution is 2.22. The number of hydrogen-bond donors (Lipinski definition) is 3. The molecule has 0 saturated heterocycles. The number of rotatable bonds is 5. The van der Waals surface area contributed by atoms with Crippen LogP contribution < -0.4 is 10.6 Å². The van der Waals surface area contributed by atoms with Crippen molar-refractivity contribution < 1.29 is 9.59 Å². The van der Waals surface area contributed by atoms with Crippen LogP contribution in [0, 0.1) is 0 Å². The van der Waals surface area contributed by atoms with Gasteiger partial charge in [-0.3, -0.25) is 9.59 Å². The summed E-state index contributed by atoms with van der Waals surface area (Å²) in [4.78, 5) is 38.2. The Morgan fingerprint density at radius 1 is 1.08 bits per heavy atom. The molecule has 0 bridgehead atoms. The predicted octanol–water partition coefficient (Wildman–Crippen LogP) is 2.04. The van der Waals surface area contributed by atoms with Crippen LogP contribution in [0.15, 0.2) is 41.9 Å². The SMILES string of the molecule is CC(=O)Nc1ccc(NC(=O)CSc2ncnc3nc[nH]c23)cc1. The number of anilines is 2. The van der Waals surface area contributed by atoms with Crippen molar-refractivity contribution in [2.45, 2.75) is 11.9 Å². The zero-order valence-electron chi connectivity index (χ0n) is 12.7. The van der Waals surface area contributed by atoms with E-state index in [1.54, 1.807) is 30.6 Å². The van der Waals surface area contributed by atoms with E-state index in [0.29, 0.717) is 22.0 Å². The number of thioether (sulfide) groups is 1. The molecule has 0 saturated carbocycles. The van der Waals surface area contributed by atoms with Crippen molar-refractivity contribution in [2.24, 2.45) is 0 Å². The van der Waals surface area contributed by atoms with Gasteiger partial charge in [0.25, 0.3) is 0 Å². The lowest BCUT2D eigenvalue weighted by Gasteiger charge is -2.07. The Bertz CT molecular complexity index is 877. The van der Waals surface area contributed by atoms with E-state index >= 15 is 0 Å². The van der Waals surface area contributed by atoms with Crippen molar-refractivity contribution in [3.63, 3.8) is 0 Å². The molecule has 0 aliphatic heterocycles. The van der Waals surface area contributed by atoms with Crippen LogP contribution in [-0.4, -0.2) is 37.5 Å². The van der Waals surface area contributed by atoms with Gasteiger partial charge in [-0.25, -0.2) is 15.0 Å². The Balaban J connectivity index is 1.57. The molecule has 2 heterocycles. The number of aromatic amines is 1. The van der Waals surface area contributed by atoms with Gasteiger partial charge in [-0.15, -0.1) is 0 Å². The molecule has 2 amide bonds. The number of imidazole rings is 1. The van der Waals surface area contributed by atoms with Crippen LogP contribution >= 0.6 is 11.8 Å². The van der Waals surface area contributed by atoms with Crippen molar-refractivity contribution in [1.29, 1.82) is 0 Å². The topological polar surface area (TPSA) is 113 Å². The minimum Gasteiger partial charge on any atom is -0.341 e. The van der Waals surface area contributed by atoms with Gasteiger partial charge >= 0.3 is 0 Å². The summed E-state index contributed by atoms with van der Waals surface area (Å²) in [7, 11) is 0. The summed E-state index contributed by atoms with van der Waals surface area (Å²) >= 11 is 1.30. The predicted molar refractivity (Wildman–Crippen MR) is 91.8 cm³/mol. The third kappa shape index (κ3) is 3.87. The molecule has 1 aromatic carbocycles. The van der Waals surface area contributed by atoms with Gasteiger partial charge in [-0.05, 0) is 24.3 Å². The highest BCUT2D eigenvalue weighted by molar-refractivity contribution is 8.00. The zero-order valence-corrected chi connectivity index (χ0v) is 13.6. The number of amides is 2. The van der Waals surface area contributed by atoms with Gasteiger partial charge in [-0.1, -0.05) is 11.8 Å². The summed E-state index contributed by atoms with van der Waals surface area (Å²) in [6.45, 7) is 1.44. The standard InChI is InChI=1S/C15H14N6O2S/c1-9(22)20-10-2-4-11(5-3-10)21-12(23)6-24-15-13-14(17-7-16-13)18-8-19-15/h2-5,7-8H,6H2,1H3,(H,20,22)(H,21,23)(H,16,17,18,19). The van der Waals surface area contributed by atoms with Gasteiger partial charge in [-0.2, -0.15) is 0 Å². The highest BCUT2D eigenvalue weighted by Gasteiger charge is 2.09. The summed E-state index contributed by atoms with van der Waals surface area (Å²) in [6.07, 6.45) is 2.96. The second-order valence-electron chi connectivity index (χ2n) is 4.88. The largest absolute Gasteiger partial charge is 0.341 e. The first kappa shape index (κ1) is 15.9. The summed E-state index contributed by atoms with van der Waals surface area (Å²) < 4.78 is 0. The molecule has 0 aliphatic rings. The number of fused-ring (bicyclic) bond motifs is 1. The molecule has 3 N–H and O–H groups in total. The molecule has 3 aromatic rings. The molecular weight excluding hydrogens is 328 g/mol. The maximum Gasteiger partial charge on any atom is 0.234 e. The molecule has 8 nitrogen and oxygen atoms in total. The number of carbonyl (C=O) groups is 2. The quantitative estimate of drug-likeness (QED) is 0.483. The Labute approximate surface area is 141 Å². The van der Waals surface area contributed by atoms with E-state index in [4.69, 9.17) is 0 Å². The fourth-order valence-corrected chi connectivity index (χ4v) is 2.78. The second kappa shape index (κ2) is 7.09. The van der Waals surface area contributed by atoms with Crippen LogP contribution in [0.5, 0.6) is 0 Å². The van der Waals surface area contributed by atoms with Crippen molar-refractivity contribution >= 4 is 46.1 Å². The van der Waals surface area contributed by atoms with Gasteiger partial charge in [0.1, 0.15) is 16.9 Å². The van der Waals surface area contributed by atoms with Crippen LogP contribution in [0.4, 0.5) is 11.4 Å². The maximum atomic E-state index is 12.1. The van der Waals surface area contributed by atoms with Crippen molar-refractivity contribution in [1.82, 2.24) is 19.9 Å². The number of hydrogen-bond acceptors (Lipinski definition) is 6. The first-order valence-electron chi connectivity index (χ1n) is 7.06. The lowest BCUT2D eigenvalue weighted by molar-refractivity contribution is -0.114. The van der Waals surface area contributed by atoms with E-state index in [-0.39, 0.29) is 17.6 Å². The molecule has 0 spiro atoms. The zero-order chi connectivity index (χ0) is 16.9. The number of carbonyl (C=O) groups excluding carboxylic acids is 2. The number of H-pyrrole nitrogens is 1. The Morgan fingerprint density at radius 2 is 1.79 bits per heavy atom. The number of nitrogens with one attached hydrogen (secondary N) is 3. The van der Waals surface area contributed by atoms with Crippen LogP contribution in [0.2, 0.25) is 0 Å². The van der Waals surface area contributed by atoms with Gasteiger partial charge < -0.3 is 15.6 Å². The molecule has 3 rings (SSSR count). The number of benzene rings is 1. The molecule has 122 valence electrons. The molecule has 2 aromatic heterocycles. The van der Waals surface area contributed by atoms with E-state index < -0.39 is 0 Å². The van der Waals surface area contributed by atoms with Gasteiger partial charge in [0, 0.05) is 18.3 Å². The monoisotopic (exact) mass is 342 g/mol. The summed E-state index contributed by atoms with van der Waals surface area (Å²) in [5, 5.41) is 6.13. The molecule has 0 fully saturated rings. The fraction of sp³-hybridized carbons (Fsp3) is 0.133.